The molecule has 0 aliphatic carbocycles. The van der Waals surface area contributed by atoms with E-state index in [9.17, 15) is 15.0 Å². The minimum absolute atomic E-state index is 0.0229. The Kier molecular flexibility index (Phi) is 4.39. The Morgan fingerprint density at radius 3 is 2.43 bits per heavy atom. The fraction of sp³-hybridized carbons (Fsp3) is 0.0667. The number of aromatic hydroxyl groups is 2. The number of carbonyl (C=O) groups excluding carboxylic acids is 1. The zero-order valence-corrected chi connectivity index (χ0v) is 11.9. The van der Waals surface area contributed by atoms with E-state index in [4.69, 9.17) is 18.0 Å². The Bertz CT molecular complexity index is 684. The highest BCUT2D eigenvalue weighted by atomic mass is 32.1. The van der Waals surface area contributed by atoms with E-state index in [0.29, 0.717) is 4.99 Å². The average molecular weight is 302 g/mol. The molecular formula is C15H14N2O3S. The van der Waals surface area contributed by atoms with E-state index in [-0.39, 0.29) is 17.9 Å². The molecule has 0 fully saturated rings. The van der Waals surface area contributed by atoms with Crippen LogP contribution in [-0.4, -0.2) is 21.1 Å². The molecule has 2 aromatic rings. The van der Waals surface area contributed by atoms with E-state index in [0.717, 1.165) is 11.1 Å². The lowest BCUT2D eigenvalue weighted by atomic mass is 10.1. The number of benzene rings is 2. The molecule has 1 amide bonds. The predicted molar refractivity (Wildman–Crippen MR) is 83.3 cm³/mol. The normalized spacial score (nSPS) is 10.1. The van der Waals surface area contributed by atoms with Crippen LogP contribution in [0, 0.1) is 0 Å². The van der Waals surface area contributed by atoms with Gasteiger partial charge in [-0.25, -0.2) is 0 Å². The van der Waals surface area contributed by atoms with Gasteiger partial charge in [0.2, 0.25) is 0 Å². The molecule has 0 aliphatic heterocycles. The summed E-state index contributed by atoms with van der Waals surface area (Å²) in [7, 11) is 0. The standard InChI is InChI=1S/C15H14N2O3S/c16-14(21)10-6-4-9(5-7-10)8-17-15(20)11-2-1-3-12(18)13(11)19/h1-7,18-19H,8H2,(H2,16,21)(H,17,20). The van der Waals surface area contributed by atoms with Crippen molar-refractivity contribution in [2.45, 2.75) is 6.54 Å². The number of thiocarbonyl (C=S) groups is 1. The number of carbonyl (C=O) groups is 1. The third-order valence-electron chi connectivity index (χ3n) is 2.95. The molecule has 0 unspecified atom stereocenters. The van der Waals surface area contributed by atoms with E-state index in [1.807, 2.05) is 0 Å². The molecule has 2 rings (SSSR count). The van der Waals surface area contributed by atoms with Crippen LogP contribution < -0.4 is 11.1 Å². The third-order valence-corrected chi connectivity index (χ3v) is 3.19. The van der Waals surface area contributed by atoms with E-state index >= 15 is 0 Å². The van der Waals surface area contributed by atoms with Gasteiger partial charge in [0.1, 0.15) is 4.99 Å². The Hall–Kier alpha value is -2.60. The first-order valence-corrected chi connectivity index (χ1v) is 6.57. The summed E-state index contributed by atoms with van der Waals surface area (Å²) in [4.78, 5) is 12.3. The van der Waals surface area contributed by atoms with Crippen molar-refractivity contribution in [1.82, 2.24) is 5.32 Å². The van der Waals surface area contributed by atoms with Crippen LogP contribution in [0.25, 0.3) is 0 Å². The molecule has 0 atom stereocenters. The number of para-hydroxylation sites is 1. The summed E-state index contributed by atoms with van der Waals surface area (Å²) in [5.74, 6) is -1.23. The number of nitrogens with two attached hydrogens (primary N) is 1. The van der Waals surface area contributed by atoms with Crippen LogP contribution in [0.4, 0.5) is 0 Å². The largest absolute Gasteiger partial charge is 0.504 e. The van der Waals surface area contributed by atoms with E-state index in [1.165, 1.54) is 18.2 Å². The van der Waals surface area contributed by atoms with Crippen LogP contribution in [0.1, 0.15) is 21.5 Å². The molecule has 108 valence electrons. The quantitative estimate of drug-likeness (QED) is 0.509. The summed E-state index contributed by atoms with van der Waals surface area (Å²) in [5.41, 5.74) is 7.15. The maximum absolute atomic E-state index is 11.9. The maximum Gasteiger partial charge on any atom is 0.255 e. The minimum Gasteiger partial charge on any atom is -0.504 e. The second-order valence-corrected chi connectivity index (χ2v) is 4.86. The molecule has 6 heteroatoms. The molecule has 5 N–H and O–H groups in total. The van der Waals surface area contributed by atoms with Crippen molar-refractivity contribution < 1.29 is 15.0 Å². The van der Waals surface area contributed by atoms with Crippen LogP contribution in [0.3, 0.4) is 0 Å². The Morgan fingerprint density at radius 2 is 1.81 bits per heavy atom. The molecule has 0 spiro atoms. The van der Waals surface area contributed by atoms with Gasteiger partial charge in [-0.15, -0.1) is 0 Å². The lowest BCUT2D eigenvalue weighted by Gasteiger charge is -2.08. The van der Waals surface area contributed by atoms with Gasteiger partial charge < -0.3 is 21.3 Å². The monoisotopic (exact) mass is 302 g/mol. The van der Waals surface area contributed by atoms with Crippen molar-refractivity contribution in [3.63, 3.8) is 0 Å². The highest BCUT2D eigenvalue weighted by molar-refractivity contribution is 7.80. The van der Waals surface area contributed by atoms with Crippen LogP contribution >= 0.6 is 12.2 Å². The maximum atomic E-state index is 11.9. The molecule has 21 heavy (non-hydrogen) atoms. The van der Waals surface area contributed by atoms with E-state index in [2.05, 4.69) is 5.32 Å². The van der Waals surface area contributed by atoms with Gasteiger partial charge in [0.25, 0.3) is 5.91 Å². The molecule has 0 aliphatic rings. The lowest BCUT2D eigenvalue weighted by molar-refractivity contribution is 0.0947. The Morgan fingerprint density at radius 1 is 1.14 bits per heavy atom. The van der Waals surface area contributed by atoms with E-state index in [1.54, 1.807) is 24.3 Å². The highest BCUT2D eigenvalue weighted by Gasteiger charge is 2.13. The number of hydrogen-bond donors (Lipinski definition) is 4. The fourth-order valence-corrected chi connectivity index (χ4v) is 1.92. The molecule has 0 bridgehead atoms. The molecule has 5 nitrogen and oxygen atoms in total. The van der Waals surface area contributed by atoms with Gasteiger partial charge in [0, 0.05) is 12.1 Å². The number of phenolic OH excluding ortho intramolecular Hbond substituents is 2. The first-order chi connectivity index (χ1) is 9.99. The number of amides is 1. The van der Waals surface area contributed by atoms with Crippen LogP contribution in [0.15, 0.2) is 42.5 Å². The molecule has 0 saturated carbocycles. The molecule has 0 aromatic heterocycles. The lowest BCUT2D eigenvalue weighted by Crippen LogP contribution is -2.22. The van der Waals surface area contributed by atoms with Crippen molar-refractivity contribution in [3.8, 4) is 11.5 Å². The summed E-state index contributed by atoms with van der Waals surface area (Å²) in [6.45, 7) is 0.283. The topological polar surface area (TPSA) is 95.6 Å². The molecular weight excluding hydrogens is 288 g/mol. The van der Waals surface area contributed by atoms with Gasteiger partial charge in [-0.2, -0.15) is 0 Å². The van der Waals surface area contributed by atoms with Gasteiger partial charge in [0.15, 0.2) is 11.5 Å². The average Bonchev–Trinajstić information content (AvgIpc) is 2.48. The number of rotatable bonds is 4. The molecule has 0 saturated heterocycles. The summed E-state index contributed by atoms with van der Waals surface area (Å²) in [6, 6.07) is 11.4. The summed E-state index contributed by atoms with van der Waals surface area (Å²) < 4.78 is 0. The summed E-state index contributed by atoms with van der Waals surface area (Å²) >= 11 is 4.86. The predicted octanol–water partition coefficient (Wildman–Crippen LogP) is 1.66. The zero-order valence-electron chi connectivity index (χ0n) is 11.0. The molecule has 0 radical (unpaired) electrons. The third kappa shape index (κ3) is 3.49. The first kappa shape index (κ1) is 14.8. The zero-order chi connectivity index (χ0) is 15.4. The van der Waals surface area contributed by atoms with Crippen molar-refractivity contribution in [1.29, 1.82) is 0 Å². The van der Waals surface area contributed by atoms with Gasteiger partial charge in [0.05, 0.1) is 5.56 Å². The van der Waals surface area contributed by atoms with Crippen LogP contribution in [-0.2, 0) is 6.54 Å². The summed E-state index contributed by atoms with van der Waals surface area (Å²) in [6.07, 6.45) is 0. The molecule has 2 aromatic carbocycles. The minimum atomic E-state index is -0.471. The first-order valence-electron chi connectivity index (χ1n) is 6.17. The van der Waals surface area contributed by atoms with Gasteiger partial charge in [-0.3, -0.25) is 4.79 Å². The SMILES string of the molecule is NC(=S)c1ccc(CNC(=O)c2cccc(O)c2O)cc1. The van der Waals surface area contributed by atoms with Crippen molar-refractivity contribution in [2.75, 3.05) is 0 Å². The van der Waals surface area contributed by atoms with Gasteiger partial charge in [-0.1, -0.05) is 42.5 Å². The smallest absolute Gasteiger partial charge is 0.255 e. The second-order valence-electron chi connectivity index (χ2n) is 4.42. The number of phenols is 2. The number of hydrogen-bond acceptors (Lipinski definition) is 4. The Labute approximate surface area is 127 Å². The van der Waals surface area contributed by atoms with Crippen molar-refractivity contribution >= 4 is 23.1 Å². The van der Waals surface area contributed by atoms with Crippen molar-refractivity contribution in [2.24, 2.45) is 5.73 Å². The van der Waals surface area contributed by atoms with E-state index < -0.39 is 11.7 Å². The molecule has 0 heterocycles. The van der Waals surface area contributed by atoms with Gasteiger partial charge >= 0.3 is 0 Å². The fourth-order valence-electron chi connectivity index (χ4n) is 1.78. The Balaban J connectivity index is 2.04. The van der Waals surface area contributed by atoms with Crippen molar-refractivity contribution in [3.05, 3.63) is 59.2 Å². The second kappa shape index (κ2) is 6.23. The van der Waals surface area contributed by atoms with Crippen LogP contribution in [0.5, 0.6) is 11.5 Å². The number of nitrogens with one attached hydrogen (secondary N) is 1. The highest BCUT2D eigenvalue weighted by Crippen LogP contribution is 2.27. The van der Waals surface area contributed by atoms with Gasteiger partial charge in [-0.05, 0) is 17.7 Å². The van der Waals surface area contributed by atoms with Crippen LogP contribution in [0.2, 0.25) is 0 Å². The summed E-state index contributed by atoms with van der Waals surface area (Å²) in [5, 5.41) is 21.6.